The number of halogens is 2. The molecule has 1 rings (SSSR count). The second-order valence-corrected chi connectivity index (χ2v) is 2.84. The predicted octanol–water partition coefficient (Wildman–Crippen LogP) is 2.11. The van der Waals surface area contributed by atoms with E-state index in [0.29, 0.717) is 16.7 Å². The van der Waals surface area contributed by atoms with Gasteiger partial charge >= 0.3 is 0 Å². The van der Waals surface area contributed by atoms with Crippen molar-refractivity contribution in [3.63, 3.8) is 0 Å². The van der Waals surface area contributed by atoms with Crippen LogP contribution in [0.5, 0.6) is 0 Å². The Labute approximate surface area is 75.5 Å². The first-order chi connectivity index (χ1) is 5.25. The summed E-state index contributed by atoms with van der Waals surface area (Å²) in [7, 11) is 1.85. The average Bonchev–Trinajstić information content (AvgIpc) is 1.99. The smallest absolute Gasteiger partial charge is 0.147 e. The van der Waals surface area contributed by atoms with Crippen LogP contribution in [0.15, 0.2) is 12.3 Å². The minimum atomic E-state index is 0.361. The Hall–Kier alpha value is -0.310. The molecule has 0 radical (unpaired) electrons. The summed E-state index contributed by atoms with van der Waals surface area (Å²) in [6, 6.07) is 1.84. The lowest BCUT2D eigenvalue weighted by molar-refractivity contribution is 0.816. The standard InChI is InChI=1S/C7H8Cl2N2/c1-10-4-5-2-3-11-7(9)6(5)8/h2-3,10H,4H2,1H3. The van der Waals surface area contributed by atoms with Crippen molar-refractivity contribution in [3.05, 3.63) is 28.0 Å². The van der Waals surface area contributed by atoms with E-state index in [2.05, 4.69) is 10.3 Å². The molecule has 0 atom stereocenters. The zero-order valence-corrected chi connectivity index (χ0v) is 7.58. The Morgan fingerprint density at radius 1 is 1.55 bits per heavy atom. The van der Waals surface area contributed by atoms with Crippen molar-refractivity contribution in [2.75, 3.05) is 7.05 Å². The molecule has 0 amide bonds. The summed E-state index contributed by atoms with van der Waals surface area (Å²) in [4.78, 5) is 3.83. The van der Waals surface area contributed by atoms with Crippen LogP contribution < -0.4 is 5.32 Å². The van der Waals surface area contributed by atoms with Crippen LogP contribution in [-0.2, 0) is 6.54 Å². The van der Waals surface area contributed by atoms with Gasteiger partial charge in [0.25, 0.3) is 0 Å². The van der Waals surface area contributed by atoms with Crippen LogP contribution in [0, 0.1) is 0 Å². The van der Waals surface area contributed by atoms with Crippen LogP contribution in [0.1, 0.15) is 5.56 Å². The SMILES string of the molecule is CNCc1ccnc(Cl)c1Cl. The van der Waals surface area contributed by atoms with Crippen molar-refractivity contribution in [2.45, 2.75) is 6.54 Å². The van der Waals surface area contributed by atoms with Gasteiger partial charge in [0.15, 0.2) is 0 Å². The van der Waals surface area contributed by atoms with E-state index in [4.69, 9.17) is 23.2 Å². The molecule has 60 valence electrons. The minimum absolute atomic E-state index is 0.361. The first-order valence-electron chi connectivity index (χ1n) is 3.19. The van der Waals surface area contributed by atoms with E-state index < -0.39 is 0 Å². The maximum atomic E-state index is 5.84. The van der Waals surface area contributed by atoms with Gasteiger partial charge in [0.2, 0.25) is 0 Å². The summed E-state index contributed by atoms with van der Waals surface area (Å²) >= 11 is 11.5. The lowest BCUT2D eigenvalue weighted by atomic mass is 10.3. The third kappa shape index (κ3) is 2.06. The maximum absolute atomic E-state index is 5.84. The lowest BCUT2D eigenvalue weighted by Gasteiger charge is -2.02. The highest BCUT2D eigenvalue weighted by Gasteiger charge is 2.02. The summed E-state index contributed by atoms with van der Waals surface area (Å²) in [5.74, 6) is 0. The van der Waals surface area contributed by atoms with Gasteiger partial charge in [-0.1, -0.05) is 23.2 Å². The average molecular weight is 191 g/mol. The summed E-state index contributed by atoms with van der Waals surface area (Å²) in [6.07, 6.45) is 1.64. The van der Waals surface area contributed by atoms with Gasteiger partial charge in [-0.05, 0) is 18.7 Å². The molecular formula is C7H8Cl2N2. The molecule has 4 heteroatoms. The molecule has 0 bridgehead atoms. The Kier molecular flexibility index (Phi) is 3.12. The third-order valence-corrected chi connectivity index (χ3v) is 2.10. The summed E-state index contributed by atoms with van der Waals surface area (Å²) in [5.41, 5.74) is 0.967. The second kappa shape index (κ2) is 3.90. The maximum Gasteiger partial charge on any atom is 0.147 e. The number of aromatic nitrogens is 1. The van der Waals surface area contributed by atoms with E-state index in [-0.39, 0.29) is 0 Å². The first-order valence-corrected chi connectivity index (χ1v) is 3.94. The third-order valence-electron chi connectivity index (χ3n) is 1.29. The topological polar surface area (TPSA) is 24.9 Å². The molecule has 1 aromatic rings. The van der Waals surface area contributed by atoms with E-state index in [1.54, 1.807) is 6.20 Å². The lowest BCUT2D eigenvalue weighted by Crippen LogP contribution is -2.05. The molecule has 0 aromatic carbocycles. The molecule has 11 heavy (non-hydrogen) atoms. The molecule has 2 nitrogen and oxygen atoms in total. The number of nitrogens with one attached hydrogen (secondary N) is 1. The van der Waals surface area contributed by atoms with Crippen molar-refractivity contribution >= 4 is 23.2 Å². The Morgan fingerprint density at radius 2 is 2.27 bits per heavy atom. The van der Waals surface area contributed by atoms with Crippen molar-refractivity contribution in [1.29, 1.82) is 0 Å². The van der Waals surface area contributed by atoms with Gasteiger partial charge in [0.05, 0.1) is 5.02 Å². The zero-order valence-electron chi connectivity index (χ0n) is 6.06. The molecule has 0 aliphatic rings. The molecular weight excluding hydrogens is 183 g/mol. The molecule has 0 saturated heterocycles. The fourth-order valence-corrected chi connectivity index (χ4v) is 1.14. The van der Waals surface area contributed by atoms with Crippen molar-refractivity contribution in [2.24, 2.45) is 0 Å². The zero-order chi connectivity index (χ0) is 8.27. The van der Waals surface area contributed by atoms with Crippen LogP contribution in [0.2, 0.25) is 10.2 Å². The largest absolute Gasteiger partial charge is 0.316 e. The normalized spacial score (nSPS) is 10.1. The first kappa shape index (κ1) is 8.78. The van der Waals surface area contributed by atoms with E-state index >= 15 is 0 Å². The van der Waals surface area contributed by atoms with Gasteiger partial charge in [-0.2, -0.15) is 0 Å². The van der Waals surface area contributed by atoms with Gasteiger partial charge in [0.1, 0.15) is 5.15 Å². The minimum Gasteiger partial charge on any atom is -0.316 e. The number of hydrogen-bond donors (Lipinski definition) is 1. The number of hydrogen-bond acceptors (Lipinski definition) is 2. The number of pyridine rings is 1. The van der Waals surface area contributed by atoms with Crippen LogP contribution in [0.4, 0.5) is 0 Å². The molecule has 1 aromatic heterocycles. The van der Waals surface area contributed by atoms with E-state index in [9.17, 15) is 0 Å². The van der Waals surface area contributed by atoms with Gasteiger partial charge in [0, 0.05) is 12.7 Å². The van der Waals surface area contributed by atoms with Crippen LogP contribution in [0.3, 0.4) is 0 Å². The van der Waals surface area contributed by atoms with Crippen molar-refractivity contribution in [3.8, 4) is 0 Å². The fourth-order valence-electron chi connectivity index (χ4n) is 0.782. The predicted molar refractivity (Wildman–Crippen MR) is 47.0 cm³/mol. The van der Waals surface area contributed by atoms with E-state index in [1.807, 2.05) is 13.1 Å². The second-order valence-electron chi connectivity index (χ2n) is 2.11. The van der Waals surface area contributed by atoms with Crippen LogP contribution in [-0.4, -0.2) is 12.0 Å². The quantitative estimate of drug-likeness (QED) is 0.724. The Bertz CT molecular complexity index is 250. The molecule has 0 fully saturated rings. The van der Waals surface area contributed by atoms with Gasteiger partial charge in [-0.25, -0.2) is 4.98 Å². The molecule has 0 aliphatic heterocycles. The van der Waals surface area contributed by atoms with Gasteiger partial charge in [-0.15, -0.1) is 0 Å². The monoisotopic (exact) mass is 190 g/mol. The summed E-state index contributed by atoms with van der Waals surface area (Å²) in [6.45, 7) is 0.709. The van der Waals surface area contributed by atoms with E-state index in [1.165, 1.54) is 0 Å². The van der Waals surface area contributed by atoms with Crippen molar-refractivity contribution in [1.82, 2.24) is 10.3 Å². The highest BCUT2D eigenvalue weighted by Crippen LogP contribution is 2.22. The molecule has 0 unspecified atom stereocenters. The molecule has 0 aliphatic carbocycles. The molecule has 1 heterocycles. The summed E-state index contributed by atoms with van der Waals surface area (Å²) < 4.78 is 0. The van der Waals surface area contributed by atoms with Crippen LogP contribution >= 0.6 is 23.2 Å². The molecule has 1 N–H and O–H groups in total. The highest BCUT2D eigenvalue weighted by atomic mass is 35.5. The Balaban J connectivity index is 2.96. The van der Waals surface area contributed by atoms with E-state index in [0.717, 1.165) is 5.56 Å². The fraction of sp³-hybridized carbons (Fsp3) is 0.286. The number of nitrogens with zero attached hydrogens (tertiary/aromatic N) is 1. The van der Waals surface area contributed by atoms with Crippen LogP contribution in [0.25, 0.3) is 0 Å². The van der Waals surface area contributed by atoms with Gasteiger partial charge < -0.3 is 5.32 Å². The van der Waals surface area contributed by atoms with Gasteiger partial charge in [-0.3, -0.25) is 0 Å². The number of rotatable bonds is 2. The molecule has 0 saturated carbocycles. The Morgan fingerprint density at radius 3 is 2.91 bits per heavy atom. The highest BCUT2D eigenvalue weighted by molar-refractivity contribution is 6.41. The summed E-state index contributed by atoms with van der Waals surface area (Å²) in [5, 5.41) is 3.87. The molecule has 0 spiro atoms. The van der Waals surface area contributed by atoms with Crippen molar-refractivity contribution < 1.29 is 0 Å².